The molecule has 0 aromatic heterocycles. The smallest absolute Gasteiger partial charge is 0.238 e. The van der Waals surface area contributed by atoms with Gasteiger partial charge in [0, 0.05) is 24.9 Å². The zero-order valence-corrected chi connectivity index (χ0v) is 16.1. The summed E-state index contributed by atoms with van der Waals surface area (Å²) in [6.45, 7) is 2.37. The lowest BCUT2D eigenvalue weighted by molar-refractivity contribution is -0.121. The molecule has 0 radical (unpaired) electrons. The lowest BCUT2D eigenvalue weighted by Gasteiger charge is -2.07. The van der Waals surface area contributed by atoms with Gasteiger partial charge in [-0.05, 0) is 43.0 Å². The van der Waals surface area contributed by atoms with Crippen LogP contribution in [0.15, 0.2) is 53.4 Å². The topological polar surface area (TPSA) is 106 Å². The van der Waals surface area contributed by atoms with Crippen molar-refractivity contribution in [3.63, 3.8) is 0 Å². The third kappa shape index (κ3) is 6.62. The first-order chi connectivity index (χ1) is 12.8. The van der Waals surface area contributed by atoms with Gasteiger partial charge in [-0.25, -0.2) is 13.6 Å². The number of carbonyl (C=O) groups is 2. The minimum absolute atomic E-state index is 0.0294. The summed E-state index contributed by atoms with van der Waals surface area (Å²) in [5, 5.41) is 7.86. The monoisotopic (exact) mass is 388 g/mol. The number of hydrogen-bond acceptors (Lipinski definition) is 4. The number of hydrogen-bond donors (Lipinski definition) is 2. The number of nitrogens with one attached hydrogen (secondary N) is 1. The van der Waals surface area contributed by atoms with Crippen molar-refractivity contribution in [2.24, 2.45) is 5.14 Å². The Kier molecular flexibility index (Phi) is 7.27. The average Bonchev–Trinajstić information content (AvgIpc) is 2.63. The summed E-state index contributed by atoms with van der Waals surface area (Å²) in [5.41, 5.74) is 2.54. The highest BCUT2D eigenvalue weighted by Crippen LogP contribution is 2.11. The van der Waals surface area contributed by atoms with E-state index < -0.39 is 10.0 Å². The Labute approximate surface area is 159 Å². The molecule has 27 heavy (non-hydrogen) atoms. The van der Waals surface area contributed by atoms with Crippen molar-refractivity contribution in [1.82, 2.24) is 5.32 Å². The molecule has 0 heterocycles. The van der Waals surface area contributed by atoms with Gasteiger partial charge in [-0.3, -0.25) is 9.59 Å². The van der Waals surface area contributed by atoms with Crippen LogP contribution in [-0.4, -0.2) is 26.7 Å². The summed E-state index contributed by atoms with van der Waals surface area (Å²) in [7, 11) is -3.68. The van der Waals surface area contributed by atoms with E-state index in [9.17, 15) is 18.0 Å². The number of sulfonamides is 1. The number of Topliss-reactive ketones (excluding diaryl/α,β-unsaturated/α-hetero) is 1. The largest absolute Gasteiger partial charge is 0.356 e. The maximum Gasteiger partial charge on any atom is 0.238 e. The van der Waals surface area contributed by atoms with Crippen molar-refractivity contribution >= 4 is 21.7 Å². The van der Waals surface area contributed by atoms with Crippen molar-refractivity contribution in [2.45, 2.75) is 37.5 Å². The molecular weight excluding hydrogens is 364 g/mol. The second kappa shape index (κ2) is 9.43. The van der Waals surface area contributed by atoms with Gasteiger partial charge < -0.3 is 5.32 Å². The zero-order chi connectivity index (χ0) is 19.9. The standard InChI is InChI=1S/C20H24N2O4S/c1-15-5-2-3-7-18(15)19(23)12-13-20(24)22-14-4-6-16-8-10-17(11-9-16)27(21,25)26/h2-3,5,7-11H,4,6,12-14H2,1H3,(H,22,24)(H2,21,25,26). The minimum Gasteiger partial charge on any atom is -0.356 e. The predicted octanol–water partition coefficient (Wildman–Crippen LogP) is 2.35. The van der Waals surface area contributed by atoms with E-state index in [1.165, 1.54) is 12.1 Å². The van der Waals surface area contributed by atoms with Crippen molar-refractivity contribution in [1.29, 1.82) is 0 Å². The second-order valence-electron chi connectivity index (χ2n) is 6.38. The van der Waals surface area contributed by atoms with E-state index in [4.69, 9.17) is 5.14 Å². The van der Waals surface area contributed by atoms with Gasteiger partial charge in [0.15, 0.2) is 5.78 Å². The van der Waals surface area contributed by atoms with Crippen LogP contribution in [0, 0.1) is 6.92 Å². The fraction of sp³-hybridized carbons (Fsp3) is 0.300. The van der Waals surface area contributed by atoms with Crippen LogP contribution in [0.1, 0.15) is 40.7 Å². The number of nitrogens with two attached hydrogens (primary N) is 1. The van der Waals surface area contributed by atoms with Crippen LogP contribution >= 0.6 is 0 Å². The number of rotatable bonds is 9. The minimum atomic E-state index is -3.68. The van der Waals surface area contributed by atoms with E-state index in [1.54, 1.807) is 18.2 Å². The highest BCUT2D eigenvalue weighted by molar-refractivity contribution is 7.89. The summed E-state index contributed by atoms with van der Waals surface area (Å²) in [5.74, 6) is -0.181. The molecule has 0 fully saturated rings. The summed E-state index contributed by atoms with van der Waals surface area (Å²) >= 11 is 0. The molecule has 7 heteroatoms. The maximum atomic E-state index is 12.2. The van der Waals surface area contributed by atoms with Gasteiger partial charge in [0.05, 0.1) is 4.90 Å². The first-order valence-corrected chi connectivity index (χ1v) is 10.3. The van der Waals surface area contributed by atoms with E-state index in [-0.39, 0.29) is 29.4 Å². The Bertz CT molecular complexity index is 906. The number of aryl methyl sites for hydroxylation is 2. The molecule has 6 nitrogen and oxygen atoms in total. The van der Waals surface area contributed by atoms with Crippen LogP contribution in [0.2, 0.25) is 0 Å². The molecule has 0 bridgehead atoms. The molecular formula is C20H24N2O4S. The SMILES string of the molecule is Cc1ccccc1C(=O)CCC(=O)NCCCc1ccc(S(N)(=O)=O)cc1. The molecule has 1 amide bonds. The second-order valence-corrected chi connectivity index (χ2v) is 7.94. The molecule has 0 aliphatic heterocycles. The van der Waals surface area contributed by atoms with E-state index in [0.717, 1.165) is 11.1 Å². The Morgan fingerprint density at radius 3 is 2.30 bits per heavy atom. The van der Waals surface area contributed by atoms with E-state index >= 15 is 0 Å². The zero-order valence-electron chi connectivity index (χ0n) is 15.3. The normalized spacial score (nSPS) is 11.2. The lowest BCUT2D eigenvalue weighted by Crippen LogP contribution is -2.25. The molecule has 0 aliphatic rings. The van der Waals surface area contributed by atoms with Crippen LogP contribution in [-0.2, 0) is 21.2 Å². The van der Waals surface area contributed by atoms with E-state index in [2.05, 4.69) is 5.32 Å². The number of carbonyl (C=O) groups excluding carboxylic acids is 2. The van der Waals surface area contributed by atoms with Gasteiger partial charge >= 0.3 is 0 Å². The van der Waals surface area contributed by atoms with Crippen LogP contribution in [0.5, 0.6) is 0 Å². The lowest BCUT2D eigenvalue weighted by atomic mass is 10.0. The molecule has 0 atom stereocenters. The molecule has 2 aromatic carbocycles. The van der Waals surface area contributed by atoms with Crippen molar-refractivity contribution in [3.8, 4) is 0 Å². The molecule has 144 valence electrons. The summed E-state index contributed by atoms with van der Waals surface area (Å²) in [6.07, 6.45) is 1.77. The van der Waals surface area contributed by atoms with Crippen LogP contribution < -0.4 is 10.5 Å². The van der Waals surface area contributed by atoms with Crippen molar-refractivity contribution in [2.75, 3.05) is 6.54 Å². The highest BCUT2D eigenvalue weighted by Gasteiger charge is 2.11. The first kappa shape index (κ1) is 20.8. The van der Waals surface area contributed by atoms with Crippen molar-refractivity contribution < 1.29 is 18.0 Å². The molecule has 2 rings (SSSR count). The first-order valence-electron chi connectivity index (χ1n) is 8.74. The van der Waals surface area contributed by atoms with Crippen LogP contribution in [0.4, 0.5) is 0 Å². The fourth-order valence-electron chi connectivity index (χ4n) is 2.70. The number of ketones is 1. The van der Waals surface area contributed by atoms with E-state index in [0.29, 0.717) is 24.9 Å². The Morgan fingerprint density at radius 1 is 1.00 bits per heavy atom. The van der Waals surface area contributed by atoms with Gasteiger partial charge in [-0.1, -0.05) is 36.4 Å². The van der Waals surface area contributed by atoms with Gasteiger partial charge in [0.1, 0.15) is 0 Å². The number of amides is 1. The van der Waals surface area contributed by atoms with Gasteiger partial charge in [-0.15, -0.1) is 0 Å². The van der Waals surface area contributed by atoms with Gasteiger partial charge in [0.2, 0.25) is 15.9 Å². The molecule has 0 unspecified atom stereocenters. The Hall–Kier alpha value is -2.51. The third-order valence-electron chi connectivity index (χ3n) is 4.24. The molecule has 0 saturated heterocycles. The fourth-order valence-corrected chi connectivity index (χ4v) is 3.22. The van der Waals surface area contributed by atoms with E-state index in [1.807, 2.05) is 25.1 Å². The summed E-state index contributed by atoms with van der Waals surface area (Å²) < 4.78 is 22.4. The molecule has 0 saturated carbocycles. The number of primary sulfonamides is 1. The Balaban J connectivity index is 1.69. The quantitative estimate of drug-likeness (QED) is 0.508. The van der Waals surface area contributed by atoms with Crippen LogP contribution in [0.3, 0.4) is 0 Å². The van der Waals surface area contributed by atoms with Gasteiger partial charge in [-0.2, -0.15) is 0 Å². The maximum absolute atomic E-state index is 12.2. The van der Waals surface area contributed by atoms with Gasteiger partial charge in [0.25, 0.3) is 0 Å². The average molecular weight is 388 g/mol. The van der Waals surface area contributed by atoms with Crippen LogP contribution in [0.25, 0.3) is 0 Å². The Morgan fingerprint density at radius 2 is 1.67 bits per heavy atom. The molecule has 2 aromatic rings. The number of benzene rings is 2. The molecule has 3 N–H and O–H groups in total. The third-order valence-corrected chi connectivity index (χ3v) is 5.17. The molecule has 0 aliphatic carbocycles. The van der Waals surface area contributed by atoms with Crippen molar-refractivity contribution in [3.05, 3.63) is 65.2 Å². The highest BCUT2D eigenvalue weighted by atomic mass is 32.2. The molecule has 0 spiro atoms. The predicted molar refractivity (Wildman–Crippen MR) is 104 cm³/mol. The summed E-state index contributed by atoms with van der Waals surface area (Å²) in [4.78, 5) is 24.1. The summed E-state index contributed by atoms with van der Waals surface area (Å²) in [6, 6.07) is 13.7.